The van der Waals surface area contributed by atoms with Gasteiger partial charge in [-0.15, -0.1) is 0 Å². The van der Waals surface area contributed by atoms with Gasteiger partial charge in [-0.05, 0) is 6.42 Å². The number of aromatic nitrogens is 2. The van der Waals surface area contributed by atoms with Crippen LogP contribution in [0.15, 0.2) is 9.59 Å². The molecule has 7 nitrogen and oxygen atoms in total. The zero-order valence-electron chi connectivity index (χ0n) is 11.3. The van der Waals surface area contributed by atoms with E-state index in [0.717, 1.165) is 17.4 Å². The first kappa shape index (κ1) is 13.7. The average Bonchev–Trinajstić information content (AvgIpc) is 2.34. The lowest BCUT2D eigenvalue weighted by molar-refractivity contribution is 0.141. The third-order valence-electron chi connectivity index (χ3n) is 3.47. The Morgan fingerprint density at radius 1 is 1.37 bits per heavy atom. The van der Waals surface area contributed by atoms with Crippen LogP contribution in [0.1, 0.15) is 19.8 Å². The highest BCUT2D eigenvalue weighted by Gasteiger charge is 2.30. The molecule has 0 bridgehead atoms. The monoisotopic (exact) mass is 268 g/mol. The van der Waals surface area contributed by atoms with Gasteiger partial charge < -0.3 is 15.7 Å². The number of aliphatic hydroxyl groups excluding tert-OH is 1. The second-order valence-electron chi connectivity index (χ2n) is 4.94. The molecule has 0 aromatic carbocycles. The Kier molecular flexibility index (Phi) is 3.66. The van der Waals surface area contributed by atoms with E-state index in [-0.39, 0.29) is 11.5 Å². The van der Waals surface area contributed by atoms with E-state index in [4.69, 9.17) is 5.73 Å². The molecular formula is C12H20N4O3. The summed E-state index contributed by atoms with van der Waals surface area (Å²) in [5.41, 5.74) is 5.51. The normalized spacial score (nSPS) is 15.6. The van der Waals surface area contributed by atoms with Gasteiger partial charge in [0.1, 0.15) is 11.5 Å². The van der Waals surface area contributed by atoms with E-state index < -0.39 is 11.7 Å². The highest BCUT2D eigenvalue weighted by atomic mass is 16.3. The van der Waals surface area contributed by atoms with Crippen molar-refractivity contribution in [1.29, 1.82) is 0 Å². The van der Waals surface area contributed by atoms with Crippen LogP contribution in [-0.2, 0) is 13.6 Å². The van der Waals surface area contributed by atoms with Crippen molar-refractivity contribution < 1.29 is 5.11 Å². The number of anilines is 2. The molecular weight excluding hydrogens is 248 g/mol. The fraction of sp³-hybridized carbons (Fsp3) is 0.667. The van der Waals surface area contributed by atoms with Gasteiger partial charge in [0.2, 0.25) is 0 Å². The minimum atomic E-state index is -0.430. The Bertz CT molecular complexity index is 584. The van der Waals surface area contributed by atoms with Crippen LogP contribution in [0.3, 0.4) is 0 Å². The molecule has 0 radical (unpaired) electrons. The maximum atomic E-state index is 12.1. The van der Waals surface area contributed by atoms with E-state index in [2.05, 4.69) is 0 Å². The summed E-state index contributed by atoms with van der Waals surface area (Å²) in [6.07, 6.45) is 1.33. The molecule has 1 fully saturated rings. The van der Waals surface area contributed by atoms with Crippen LogP contribution in [0.5, 0.6) is 0 Å². The third kappa shape index (κ3) is 2.25. The molecule has 7 heteroatoms. The Morgan fingerprint density at radius 3 is 2.53 bits per heavy atom. The van der Waals surface area contributed by atoms with Gasteiger partial charge >= 0.3 is 5.69 Å². The second-order valence-corrected chi connectivity index (χ2v) is 4.94. The number of β-amino-alcohol motifs (C(OH)–C–C–N with tert-alkyl or cyclic N) is 1. The number of unbranched alkanes of at least 4 members (excludes halogenated alkanes) is 1. The molecule has 2 rings (SSSR count). The second kappa shape index (κ2) is 5.08. The van der Waals surface area contributed by atoms with Gasteiger partial charge in [0.05, 0.1) is 6.10 Å². The van der Waals surface area contributed by atoms with Crippen LogP contribution in [-0.4, -0.2) is 33.4 Å². The van der Waals surface area contributed by atoms with Crippen molar-refractivity contribution in [2.45, 2.75) is 32.4 Å². The van der Waals surface area contributed by atoms with Gasteiger partial charge in [-0.3, -0.25) is 13.9 Å². The molecule has 0 aliphatic carbocycles. The molecule has 1 aromatic rings. The minimum Gasteiger partial charge on any atom is -0.389 e. The standard InChI is InChI=1S/C12H20N4O3/c1-3-4-5-16-10(13)9(15-6-8(17)7-15)11(18)14(2)12(16)19/h8,17H,3-7,13H2,1-2H3. The van der Waals surface area contributed by atoms with Crippen molar-refractivity contribution in [3.05, 3.63) is 20.8 Å². The molecule has 2 heterocycles. The van der Waals surface area contributed by atoms with Gasteiger partial charge in [-0.2, -0.15) is 0 Å². The summed E-state index contributed by atoms with van der Waals surface area (Å²) < 4.78 is 2.51. The molecule has 1 saturated heterocycles. The Morgan fingerprint density at radius 2 is 2.00 bits per heavy atom. The van der Waals surface area contributed by atoms with Crippen molar-refractivity contribution in [3.8, 4) is 0 Å². The highest BCUT2D eigenvalue weighted by Crippen LogP contribution is 2.22. The van der Waals surface area contributed by atoms with E-state index in [9.17, 15) is 14.7 Å². The number of rotatable bonds is 4. The lowest BCUT2D eigenvalue weighted by Gasteiger charge is -2.38. The van der Waals surface area contributed by atoms with Gasteiger partial charge in [-0.25, -0.2) is 4.79 Å². The van der Waals surface area contributed by atoms with E-state index in [1.165, 1.54) is 11.6 Å². The topological polar surface area (TPSA) is 93.5 Å². The first-order valence-corrected chi connectivity index (χ1v) is 6.49. The molecule has 3 N–H and O–H groups in total. The number of nitrogens with two attached hydrogens (primary N) is 1. The SMILES string of the molecule is CCCCn1c(N)c(N2CC(O)C2)c(=O)n(C)c1=O. The quantitative estimate of drug-likeness (QED) is 0.739. The molecule has 1 aliphatic heterocycles. The molecule has 0 spiro atoms. The Labute approximate surface area is 110 Å². The Hall–Kier alpha value is -1.76. The van der Waals surface area contributed by atoms with Crippen LogP contribution in [0, 0.1) is 0 Å². The molecule has 0 amide bonds. The zero-order valence-corrected chi connectivity index (χ0v) is 11.3. The van der Waals surface area contributed by atoms with Crippen molar-refractivity contribution in [1.82, 2.24) is 9.13 Å². The average molecular weight is 268 g/mol. The van der Waals surface area contributed by atoms with Gasteiger partial charge in [-0.1, -0.05) is 13.3 Å². The lowest BCUT2D eigenvalue weighted by Crippen LogP contribution is -2.55. The molecule has 0 unspecified atom stereocenters. The Balaban J connectivity index is 2.51. The summed E-state index contributed by atoms with van der Waals surface area (Å²) in [6.45, 7) is 3.28. The molecule has 0 atom stereocenters. The predicted molar refractivity (Wildman–Crippen MR) is 73.5 cm³/mol. The van der Waals surface area contributed by atoms with Crippen LogP contribution in [0.2, 0.25) is 0 Å². The van der Waals surface area contributed by atoms with Crippen molar-refractivity contribution in [2.75, 3.05) is 23.7 Å². The van der Waals surface area contributed by atoms with Gasteiger partial charge in [0.15, 0.2) is 0 Å². The summed E-state index contributed by atoms with van der Waals surface area (Å²) in [4.78, 5) is 25.9. The first-order valence-electron chi connectivity index (χ1n) is 6.49. The van der Waals surface area contributed by atoms with E-state index >= 15 is 0 Å². The van der Waals surface area contributed by atoms with Crippen molar-refractivity contribution in [3.63, 3.8) is 0 Å². The van der Waals surface area contributed by atoms with Crippen LogP contribution in [0.25, 0.3) is 0 Å². The van der Waals surface area contributed by atoms with Crippen LogP contribution >= 0.6 is 0 Å². The maximum absolute atomic E-state index is 12.1. The summed E-state index contributed by atoms with van der Waals surface area (Å²) in [6, 6.07) is 0. The highest BCUT2D eigenvalue weighted by molar-refractivity contribution is 5.64. The molecule has 1 aliphatic rings. The first-order chi connectivity index (χ1) is 8.97. The largest absolute Gasteiger partial charge is 0.389 e. The number of hydrogen-bond donors (Lipinski definition) is 2. The third-order valence-corrected chi connectivity index (χ3v) is 3.47. The molecule has 106 valence electrons. The van der Waals surface area contributed by atoms with Crippen molar-refractivity contribution in [2.24, 2.45) is 7.05 Å². The van der Waals surface area contributed by atoms with Crippen LogP contribution in [0.4, 0.5) is 11.5 Å². The number of hydrogen-bond acceptors (Lipinski definition) is 5. The van der Waals surface area contributed by atoms with Crippen LogP contribution < -0.4 is 21.9 Å². The van der Waals surface area contributed by atoms with E-state index in [0.29, 0.717) is 25.3 Å². The van der Waals surface area contributed by atoms with Crippen molar-refractivity contribution >= 4 is 11.5 Å². The summed E-state index contributed by atoms with van der Waals surface area (Å²) >= 11 is 0. The minimum absolute atomic E-state index is 0.202. The van der Waals surface area contributed by atoms with E-state index in [1.807, 2.05) is 6.92 Å². The number of nitrogens with zero attached hydrogens (tertiary/aromatic N) is 3. The van der Waals surface area contributed by atoms with E-state index in [1.54, 1.807) is 4.90 Å². The fourth-order valence-electron chi connectivity index (χ4n) is 2.23. The molecule has 0 saturated carbocycles. The van der Waals surface area contributed by atoms with Gasteiger partial charge in [0, 0.05) is 26.7 Å². The zero-order chi connectivity index (χ0) is 14.2. The predicted octanol–water partition coefficient (Wildman–Crippen LogP) is -0.890. The smallest absolute Gasteiger partial charge is 0.332 e. The lowest BCUT2D eigenvalue weighted by atomic mass is 10.1. The maximum Gasteiger partial charge on any atom is 0.332 e. The van der Waals surface area contributed by atoms with Gasteiger partial charge in [0.25, 0.3) is 5.56 Å². The summed E-state index contributed by atoms with van der Waals surface area (Å²) in [7, 11) is 1.45. The number of nitrogen functional groups attached to an aromatic ring is 1. The summed E-state index contributed by atoms with van der Waals surface area (Å²) in [5, 5.41) is 9.34. The number of aliphatic hydroxyl groups is 1. The molecule has 1 aromatic heterocycles. The fourth-order valence-corrected chi connectivity index (χ4v) is 2.23. The summed E-state index contributed by atoms with van der Waals surface area (Å²) in [5.74, 6) is 0.202. The molecule has 19 heavy (non-hydrogen) atoms.